The molecule has 0 aliphatic rings. The van der Waals surface area contributed by atoms with Gasteiger partial charge in [0.1, 0.15) is 13.2 Å². The lowest BCUT2D eigenvalue weighted by atomic mass is 10.0. The van der Waals surface area contributed by atoms with Gasteiger partial charge in [0.25, 0.3) is 0 Å². The van der Waals surface area contributed by atoms with Gasteiger partial charge in [-0.25, -0.2) is 0 Å². The first-order valence-corrected chi connectivity index (χ1v) is 29.7. The summed E-state index contributed by atoms with van der Waals surface area (Å²) in [6, 6.07) is 0. The SMILES string of the molecule is CC/C=C\C/C=C\C/C=C\C/C=C\C/C=C\CCCCCCCCCCCCCCCCCC(=O)OCC(COC(=O)CCCCCCCCC)OC(=O)CCCCCCC/C=C\C/C=C\C/C=C\CC. The smallest absolute Gasteiger partial charge is 0.306 e. The van der Waals surface area contributed by atoms with Crippen molar-refractivity contribution in [2.45, 2.75) is 284 Å². The number of ether oxygens (including phenoxy) is 3. The van der Waals surface area contributed by atoms with E-state index in [0.29, 0.717) is 19.3 Å². The van der Waals surface area contributed by atoms with E-state index >= 15 is 0 Å². The van der Waals surface area contributed by atoms with Crippen LogP contribution in [0.25, 0.3) is 0 Å². The lowest BCUT2D eigenvalue weighted by molar-refractivity contribution is -0.167. The molecule has 0 fully saturated rings. The average Bonchev–Trinajstić information content (AvgIpc) is 3.37. The van der Waals surface area contributed by atoms with Crippen molar-refractivity contribution in [1.29, 1.82) is 0 Å². The van der Waals surface area contributed by atoms with Crippen LogP contribution in [-0.2, 0) is 28.6 Å². The summed E-state index contributed by atoms with van der Waals surface area (Å²) < 4.78 is 16.8. The molecule has 0 amide bonds. The molecule has 1 unspecified atom stereocenters. The van der Waals surface area contributed by atoms with E-state index < -0.39 is 6.10 Å². The zero-order valence-electron chi connectivity index (χ0n) is 46.5. The summed E-state index contributed by atoms with van der Waals surface area (Å²) in [6.07, 6.45) is 78.7. The first-order chi connectivity index (χ1) is 35.0. The third-order valence-corrected chi connectivity index (χ3v) is 12.6. The second-order valence-electron chi connectivity index (χ2n) is 19.5. The normalized spacial score (nSPS) is 12.8. The summed E-state index contributed by atoms with van der Waals surface area (Å²) in [6.45, 7) is 6.36. The Balaban J connectivity index is 4.07. The van der Waals surface area contributed by atoms with Crippen LogP contribution in [0.15, 0.2) is 97.2 Å². The Morgan fingerprint density at radius 1 is 0.296 bits per heavy atom. The topological polar surface area (TPSA) is 78.9 Å². The zero-order valence-corrected chi connectivity index (χ0v) is 46.5. The largest absolute Gasteiger partial charge is 0.462 e. The molecule has 0 rings (SSSR count). The maximum atomic E-state index is 12.8. The first-order valence-electron chi connectivity index (χ1n) is 29.7. The summed E-state index contributed by atoms with van der Waals surface area (Å²) in [5.74, 6) is -0.902. The van der Waals surface area contributed by atoms with E-state index in [9.17, 15) is 14.4 Å². The van der Waals surface area contributed by atoms with Gasteiger partial charge in [-0.3, -0.25) is 14.4 Å². The third kappa shape index (κ3) is 57.1. The number of hydrogen-bond donors (Lipinski definition) is 0. The molecule has 0 spiro atoms. The Morgan fingerprint density at radius 3 is 0.859 bits per heavy atom. The summed E-state index contributed by atoms with van der Waals surface area (Å²) in [5.41, 5.74) is 0. The number of carbonyl (C=O) groups is 3. The van der Waals surface area contributed by atoms with Gasteiger partial charge in [-0.2, -0.15) is 0 Å². The van der Waals surface area contributed by atoms with Crippen LogP contribution in [0.2, 0.25) is 0 Å². The molecule has 0 saturated heterocycles. The van der Waals surface area contributed by atoms with Crippen molar-refractivity contribution in [3.05, 3.63) is 97.2 Å². The minimum absolute atomic E-state index is 0.0823. The molecular formula is C65H110O6. The Bertz CT molecular complexity index is 1410. The van der Waals surface area contributed by atoms with Gasteiger partial charge in [0, 0.05) is 19.3 Å². The average molecular weight is 988 g/mol. The zero-order chi connectivity index (χ0) is 51.4. The highest BCUT2D eigenvalue weighted by atomic mass is 16.6. The van der Waals surface area contributed by atoms with Crippen molar-refractivity contribution in [3.8, 4) is 0 Å². The fourth-order valence-corrected chi connectivity index (χ4v) is 8.19. The van der Waals surface area contributed by atoms with Gasteiger partial charge in [-0.05, 0) is 96.3 Å². The predicted molar refractivity (Wildman–Crippen MR) is 307 cm³/mol. The molecule has 0 bridgehead atoms. The van der Waals surface area contributed by atoms with E-state index in [1.54, 1.807) is 0 Å². The maximum absolute atomic E-state index is 12.8. The monoisotopic (exact) mass is 987 g/mol. The molecule has 0 aliphatic heterocycles. The van der Waals surface area contributed by atoms with E-state index in [2.05, 4.69) is 118 Å². The van der Waals surface area contributed by atoms with Gasteiger partial charge in [0.15, 0.2) is 6.10 Å². The predicted octanol–water partition coefficient (Wildman–Crippen LogP) is 20.1. The Hall–Kier alpha value is -3.67. The lowest BCUT2D eigenvalue weighted by Crippen LogP contribution is -2.30. The summed E-state index contributed by atoms with van der Waals surface area (Å²) in [7, 11) is 0. The van der Waals surface area contributed by atoms with Gasteiger partial charge >= 0.3 is 17.9 Å². The minimum Gasteiger partial charge on any atom is -0.462 e. The lowest BCUT2D eigenvalue weighted by Gasteiger charge is -2.18. The van der Waals surface area contributed by atoms with E-state index in [-0.39, 0.29) is 31.1 Å². The van der Waals surface area contributed by atoms with Crippen LogP contribution in [0.4, 0.5) is 0 Å². The van der Waals surface area contributed by atoms with Crippen LogP contribution in [0.5, 0.6) is 0 Å². The number of carbonyl (C=O) groups excluding carboxylic acids is 3. The van der Waals surface area contributed by atoms with E-state index in [1.807, 2.05) is 0 Å². The number of hydrogen-bond acceptors (Lipinski definition) is 6. The van der Waals surface area contributed by atoms with Crippen LogP contribution in [-0.4, -0.2) is 37.2 Å². The summed E-state index contributed by atoms with van der Waals surface area (Å²) in [5, 5.41) is 0. The molecule has 0 aromatic rings. The molecular weight excluding hydrogens is 877 g/mol. The highest BCUT2D eigenvalue weighted by molar-refractivity contribution is 5.71. The van der Waals surface area contributed by atoms with Crippen molar-refractivity contribution in [1.82, 2.24) is 0 Å². The van der Waals surface area contributed by atoms with Crippen LogP contribution >= 0.6 is 0 Å². The highest BCUT2D eigenvalue weighted by Gasteiger charge is 2.19. The second kappa shape index (κ2) is 58.9. The maximum Gasteiger partial charge on any atom is 0.306 e. The fourth-order valence-electron chi connectivity index (χ4n) is 8.19. The molecule has 0 heterocycles. The summed E-state index contributed by atoms with van der Waals surface area (Å²) >= 11 is 0. The van der Waals surface area contributed by atoms with Crippen LogP contribution in [0.1, 0.15) is 278 Å². The van der Waals surface area contributed by atoms with Gasteiger partial charge in [0.05, 0.1) is 0 Å². The molecule has 0 aliphatic carbocycles. The van der Waals surface area contributed by atoms with Crippen LogP contribution in [0, 0.1) is 0 Å². The molecule has 71 heavy (non-hydrogen) atoms. The molecule has 0 N–H and O–H groups in total. The number of esters is 3. The van der Waals surface area contributed by atoms with E-state index in [4.69, 9.17) is 14.2 Å². The molecule has 406 valence electrons. The van der Waals surface area contributed by atoms with Crippen LogP contribution in [0.3, 0.4) is 0 Å². The standard InChI is InChI=1S/C65H110O6/c1-4-7-10-13-16-18-20-22-24-25-26-27-28-29-30-31-32-33-34-35-36-37-38-39-41-42-44-46-49-52-55-58-64(67)70-61-62(60-69-63(66)57-54-51-48-15-12-9-6-3)71-65(68)59-56-53-50-47-45-43-40-23-21-19-17-14-11-8-5-2/h7-8,10-11,16-19,22-24,26-27,29-30,40,62H,4-6,9,12-15,20-21,25,28,31-39,41-61H2,1-3H3/b10-7-,11-8-,18-16-,19-17-,24-22-,27-26-,30-29-,40-23-. The van der Waals surface area contributed by atoms with Crippen molar-refractivity contribution >= 4 is 17.9 Å². The molecule has 0 aromatic heterocycles. The molecule has 6 nitrogen and oxygen atoms in total. The quantitative estimate of drug-likeness (QED) is 0.0261. The Labute approximate surface area is 438 Å². The molecule has 0 radical (unpaired) electrons. The minimum atomic E-state index is -0.782. The number of unbranched alkanes of at least 4 members (excludes halogenated alkanes) is 26. The van der Waals surface area contributed by atoms with E-state index in [1.165, 1.54) is 109 Å². The van der Waals surface area contributed by atoms with Crippen molar-refractivity contribution in [3.63, 3.8) is 0 Å². The van der Waals surface area contributed by atoms with Gasteiger partial charge in [-0.15, -0.1) is 0 Å². The van der Waals surface area contributed by atoms with E-state index in [0.717, 1.165) is 128 Å². The molecule has 1 atom stereocenters. The van der Waals surface area contributed by atoms with Crippen molar-refractivity contribution < 1.29 is 28.6 Å². The van der Waals surface area contributed by atoms with Crippen molar-refractivity contribution in [2.75, 3.05) is 13.2 Å². The van der Waals surface area contributed by atoms with Gasteiger partial charge < -0.3 is 14.2 Å². The van der Waals surface area contributed by atoms with Crippen LogP contribution < -0.4 is 0 Å². The van der Waals surface area contributed by atoms with Gasteiger partial charge in [0.2, 0.25) is 0 Å². The molecule has 0 aromatic carbocycles. The summed E-state index contributed by atoms with van der Waals surface area (Å²) in [4.78, 5) is 37.9. The Kier molecular flexibility index (Phi) is 55.9. The highest BCUT2D eigenvalue weighted by Crippen LogP contribution is 2.16. The second-order valence-corrected chi connectivity index (χ2v) is 19.5. The number of allylic oxidation sites excluding steroid dienone is 16. The molecule has 6 heteroatoms. The molecule has 0 saturated carbocycles. The number of rotatable bonds is 53. The first kappa shape index (κ1) is 67.3. The Morgan fingerprint density at radius 2 is 0.549 bits per heavy atom. The van der Waals surface area contributed by atoms with Gasteiger partial charge in [-0.1, -0.05) is 259 Å². The van der Waals surface area contributed by atoms with Crippen molar-refractivity contribution in [2.24, 2.45) is 0 Å². The fraction of sp³-hybridized carbons (Fsp3) is 0.708. The third-order valence-electron chi connectivity index (χ3n) is 12.6.